The molecule has 0 unspecified atom stereocenters. The third kappa shape index (κ3) is 2.60. The van der Waals surface area contributed by atoms with Crippen molar-refractivity contribution >= 4 is 28.6 Å². The first-order valence-corrected chi connectivity index (χ1v) is 8.25. The molecule has 8 nitrogen and oxygen atoms in total. The van der Waals surface area contributed by atoms with Crippen molar-refractivity contribution in [2.75, 3.05) is 5.32 Å². The van der Waals surface area contributed by atoms with Crippen molar-refractivity contribution in [1.82, 2.24) is 0 Å². The maximum absolute atomic E-state index is 13.2. The lowest BCUT2D eigenvalue weighted by atomic mass is 9.81. The van der Waals surface area contributed by atoms with Gasteiger partial charge < -0.3 is 31.2 Å². The molecular weight excluding hydrogens is 364 g/mol. The summed E-state index contributed by atoms with van der Waals surface area (Å²) < 4.78 is 0. The number of nitrogens with one attached hydrogen (secondary N) is 2. The van der Waals surface area contributed by atoms with Gasteiger partial charge in [-0.25, -0.2) is 0 Å². The standard InChI is InChI=1S/C20H13N2O6/c23-13-8-6-11(21-10-4-2-1-3-5-10)15-17(13)20(26)18-14(24)9-7-12(22(27)28)16(18)19(15)25/h1-9,21-24H/q-1. The predicted molar refractivity (Wildman–Crippen MR) is 100 cm³/mol. The third-order valence-electron chi connectivity index (χ3n) is 4.55. The first kappa shape index (κ1) is 17.7. The fourth-order valence-corrected chi connectivity index (χ4v) is 3.32. The molecule has 4 rings (SSSR count). The number of hydrogen-bond acceptors (Lipinski definition) is 7. The van der Waals surface area contributed by atoms with Crippen LogP contribution in [0.25, 0.3) is 0 Å². The zero-order chi connectivity index (χ0) is 20.0. The summed E-state index contributed by atoms with van der Waals surface area (Å²) in [6.45, 7) is 0. The molecule has 0 amide bonds. The minimum absolute atomic E-state index is 0.172. The van der Waals surface area contributed by atoms with Crippen LogP contribution in [0.3, 0.4) is 0 Å². The van der Waals surface area contributed by atoms with Crippen LogP contribution in [0.1, 0.15) is 31.8 Å². The van der Waals surface area contributed by atoms with Gasteiger partial charge in [-0.05, 0) is 30.3 Å². The van der Waals surface area contributed by atoms with E-state index >= 15 is 0 Å². The molecule has 1 aliphatic rings. The first-order chi connectivity index (χ1) is 13.4. The number of carbonyl (C=O) groups is 2. The van der Waals surface area contributed by atoms with Crippen molar-refractivity contribution in [1.29, 1.82) is 0 Å². The summed E-state index contributed by atoms with van der Waals surface area (Å²) in [4.78, 5) is 26.2. The fourth-order valence-electron chi connectivity index (χ4n) is 3.32. The van der Waals surface area contributed by atoms with Gasteiger partial charge in [0.15, 0.2) is 0 Å². The van der Waals surface area contributed by atoms with Gasteiger partial charge in [0.05, 0.1) is 27.9 Å². The maximum atomic E-state index is 13.2. The van der Waals surface area contributed by atoms with Crippen LogP contribution in [0.2, 0.25) is 0 Å². The Bertz CT molecular complexity index is 1130. The normalized spacial score (nSPS) is 12.7. The number of benzene rings is 3. The van der Waals surface area contributed by atoms with Crippen molar-refractivity contribution in [2.45, 2.75) is 0 Å². The topological polar surface area (TPSA) is 137 Å². The number of fused-ring (bicyclic) bond motifs is 2. The number of para-hydroxylation sites is 1. The number of rotatable bonds is 3. The molecule has 0 radical (unpaired) electrons. The van der Waals surface area contributed by atoms with E-state index in [1.54, 1.807) is 30.3 Å². The van der Waals surface area contributed by atoms with Crippen LogP contribution in [-0.4, -0.2) is 21.8 Å². The zero-order valence-electron chi connectivity index (χ0n) is 14.2. The average molecular weight is 377 g/mol. The van der Waals surface area contributed by atoms with Gasteiger partial charge in [0.25, 0.3) is 0 Å². The van der Waals surface area contributed by atoms with Gasteiger partial charge in [0, 0.05) is 11.8 Å². The second kappa shape index (κ2) is 6.46. The van der Waals surface area contributed by atoms with Crippen molar-refractivity contribution < 1.29 is 25.0 Å². The summed E-state index contributed by atoms with van der Waals surface area (Å²) in [6, 6.07) is 13.5. The first-order valence-electron chi connectivity index (χ1n) is 8.25. The number of phenols is 2. The molecule has 0 aromatic heterocycles. The fraction of sp³-hybridized carbons (Fsp3) is 0. The highest BCUT2D eigenvalue weighted by Crippen LogP contribution is 2.42. The van der Waals surface area contributed by atoms with Gasteiger partial charge >= 0.3 is 0 Å². The molecule has 140 valence electrons. The molecule has 0 saturated carbocycles. The van der Waals surface area contributed by atoms with Gasteiger partial charge in [0.2, 0.25) is 11.6 Å². The van der Waals surface area contributed by atoms with Gasteiger partial charge in [-0.3, -0.25) is 9.59 Å². The highest BCUT2D eigenvalue weighted by molar-refractivity contribution is 6.33. The highest BCUT2D eigenvalue weighted by atomic mass is 16.8. The van der Waals surface area contributed by atoms with Gasteiger partial charge in [-0.15, -0.1) is 0 Å². The lowest BCUT2D eigenvalue weighted by Crippen LogP contribution is -2.96. The van der Waals surface area contributed by atoms with Crippen molar-refractivity contribution in [3.8, 4) is 11.5 Å². The molecule has 0 bridgehead atoms. The van der Waals surface area contributed by atoms with E-state index in [9.17, 15) is 30.2 Å². The molecule has 4 N–H and O–H groups in total. The third-order valence-corrected chi connectivity index (χ3v) is 4.55. The average Bonchev–Trinajstić information content (AvgIpc) is 2.67. The number of anilines is 2. The van der Waals surface area contributed by atoms with Crippen LogP contribution in [0.4, 0.5) is 17.1 Å². The van der Waals surface area contributed by atoms with E-state index in [1.165, 1.54) is 12.1 Å². The van der Waals surface area contributed by atoms with Crippen LogP contribution in [0, 0.1) is 10.4 Å². The van der Waals surface area contributed by atoms with Crippen LogP contribution in [0.15, 0.2) is 54.6 Å². The molecule has 28 heavy (non-hydrogen) atoms. The second-order valence-electron chi connectivity index (χ2n) is 6.20. The molecule has 0 heterocycles. The van der Waals surface area contributed by atoms with Crippen LogP contribution < -0.4 is 10.5 Å². The molecule has 0 spiro atoms. The van der Waals surface area contributed by atoms with Gasteiger partial charge in [-0.1, -0.05) is 18.2 Å². The largest absolute Gasteiger partial charge is 0.628 e. The Morgan fingerprint density at radius 1 is 0.714 bits per heavy atom. The predicted octanol–water partition coefficient (Wildman–Crippen LogP) is 2.13. The highest BCUT2D eigenvalue weighted by Gasteiger charge is 2.39. The molecule has 8 heteroatoms. The monoisotopic (exact) mass is 377 g/mol. The Morgan fingerprint density at radius 2 is 1.29 bits per heavy atom. The van der Waals surface area contributed by atoms with Crippen molar-refractivity contribution in [3.63, 3.8) is 0 Å². The Balaban J connectivity index is 1.97. The van der Waals surface area contributed by atoms with Crippen LogP contribution >= 0.6 is 0 Å². The van der Waals surface area contributed by atoms with E-state index in [4.69, 9.17) is 0 Å². The minimum Gasteiger partial charge on any atom is -0.628 e. The number of phenolic OH excluding ortho intramolecular Hbond substituents is 2. The number of carbonyl (C=O) groups excluding carboxylic acids is 2. The molecule has 0 aliphatic heterocycles. The SMILES string of the molecule is O=C1c2c(O)ccc(Nc3ccccc3)c2C(=O)c2c([NH+]([O-])[O-])ccc(O)c21. The van der Waals surface area contributed by atoms with Crippen molar-refractivity contribution in [3.05, 3.63) is 87.3 Å². The van der Waals surface area contributed by atoms with E-state index < -0.39 is 45.1 Å². The quantitative estimate of drug-likeness (QED) is 0.317. The van der Waals surface area contributed by atoms with E-state index in [0.717, 1.165) is 12.1 Å². The smallest absolute Gasteiger partial charge is 0.202 e. The summed E-state index contributed by atoms with van der Waals surface area (Å²) in [6.07, 6.45) is 0. The minimum atomic E-state index is -1.65. The Hall–Kier alpha value is -3.72. The van der Waals surface area contributed by atoms with E-state index in [0.29, 0.717) is 5.69 Å². The van der Waals surface area contributed by atoms with Crippen molar-refractivity contribution in [2.24, 2.45) is 0 Å². The van der Waals surface area contributed by atoms with E-state index in [-0.39, 0.29) is 16.8 Å². The van der Waals surface area contributed by atoms with E-state index in [1.807, 2.05) is 0 Å². The number of aromatic hydroxyl groups is 2. The lowest BCUT2D eigenvalue weighted by molar-refractivity contribution is -0.715. The van der Waals surface area contributed by atoms with Crippen LogP contribution in [-0.2, 0) is 0 Å². The summed E-state index contributed by atoms with van der Waals surface area (Å²) >= 11 is 0. The maximum Gasteiger partial charge on any atom is 0.202 e. The summed E-state index contributed by atoms with van der Waals surface area (Å²) in [5.74, 6) is -2.66. The number of hydrogen-bond donors (Lipinski definition) is 4. The Labute approximate surface area is 158 Å². The number of ketones is 2. The molecule has 0 fully saturated rings. The van der Waals surface area contributed by atoms with Gasteiger partial charge in [-0.2, -0.15) is 0 Å². The molecule has 1 aliphatic carbocycles. The summed E-state index contributed by atoms with van der Waals surface area (Å²) in [5, 5.41) is 44.6. The molecule has 3 aromatic carbocycles. The molecule has 3 aromatic rings. The second-order valence-corrected chi connectivity index (χ2v) is 6.20. The number of quaternary nitrogens is 1. The summed E-state index contributed by atoms with van der Waals surface area (Å²) in [5.41, 5.74) is -1.07. The lowest BCUT2D eigenvalue weighted by Gasteiger charge is -2.30. The zero-order valence-corrected chi connectivity index (χ0v) is 14.2. The molecule has 0 saturated heterocycles. The van der Waals surface area contributed by atoms with E-state index in [2.05, 4.69) is 5.32 Å². The molecular formula is C20H13N2O6-. The van der Waals surface area contributed by atoms with Crippen LogP contribution in [0.5, 0.6) is 11.5 Å². The Morgan fingerprint density at radius 3 is 1.93 bits per heavy atom. The Kier molecular flexibility index (Phi) is 4.08. The summed E-state index contributed by atoms with van der Waals surface area (Å²) in [7, 11) is 0. The van der Waals surface area contributed by atoms with Gasteiger partial charge in [0.1, 0.15) is 17.2 Å². The molecule has 0 atom stereocenters.